The summed E-state index contributed by atoms with van der Waals surface area (Å²) in [7, 11) is 0. The molecule has 3 aromatic carbocycles. The molecule has 4 aromatic rings. The Morgan fingerprint density at radius 2 is 1.49 bits per heavy atom. The summed E-state index contributed by atoms with van der Waals surface area (Å²) in [6.07, 6.45) is 1.82. The van der Waals surface area contributed by atoms with Gasteiger partial charge in [0.2, 0.25) is 0 Å². The molecule has 0 N–H and O–H groups in total. The number of aromatic nitrogens is 2. The van der Waals surface area contributed by atoms with Crippen LogP contribution in [0.15, 0.2) is 67.5 Å². The summed E-state index contributed by atoms with van der Waals surface area (Å²) in [4.78, 5) is 8.75. The van der Waals surface area contributed by atoms with E-state index in [2.05, 4.69) is 16.5 Å². The number of aryl methyl sites for hydroxylation is 3. The maximum absolute atomic E-state index is 15.1. The van der Waals surface area contributed by atoms with E-state index >= 15 is 4.39 Å². The van der Waals surface area contributed by atoms with Crippen LogP contribution in [0.4, 0.5) is 26.3 Å². The molecule has 1 aromatic heterocycles. The molecule has 0 spiro atoms. The van der Waals surface area contributed by atoms with Crippen LogP contribution >= 0.6 is 0 Å². The molecule has 0 aliphatic carbocycles. The predicted octanol–water partition coefficient (Wildman–Crippen LogP) is 7.64. The molecule has 35 heavy (non-hydrogen) atoms. The minimum absolute atomic E-state index is 0.0107. The van der Waals surface area contributed by atoms with Crippen molar-refractivity contribution in [1.82, 2.24) is 9.97 Å². The fourth-order valence-electron chi connectivity index (χ4n) is 3.89. The van der Waals surface area contributed by atoms with E-state index in [4.69, 9.17) is 0 Å². The lowest BCUT2D eigenvalue weighted by Gasteiger charge is -2.12. The SMILES string of the molecule is C=CCCc1cnc(-c2ccc3c(F)c(CCc4cc(F)c(C(F)(F)F)c(F)c4)ccc3c2)nc1. The third-order valence-electron chi connectivity index (χ3n) is 5.70. The molecular weight excluding hydrogens is 466 g/mol. The van der Waals surface area contributed by atoms with E-state index < -0.39 is 29.2 Å². The van der Waals surface area contributed by atoms with E-state index in [9.17, 15) is 22.0 Å². The Kier molecular flexibility index (Phi) is 6.91. The predicted molar refractivity (Wildman–Crippen MR) is 122 cm³/mol. The van der Waals surface area contributed by atoms with Gasteiger partial charge in [0.25, 0.3) is 0 Å². The average molecular weight is 486 g/mol. The molecule has 4 rings (SSSR count). The molecule has 0 aliphatic rings. The van der Waals surface area contributed by atoms with E-state index in [0.29, 0.717) is 28.7 Å². The van der Waals surface area contributed by atoms with Gasteiger partial charge in [-0.3, -0.25) is 0 Å². The summed E-state index contributed by atoms with van der Waals surface area (Å²) in [5, 5.41) is 0.966. The Hall–Kier alpha value is -3.68. The van der Waals surface area contributed by atoms with Crippen LogP contribution in [0.3, 0.4) is 0 Å². The van der Waals surface area contributed by atoms with E-state index in [1.165, 1.54) is 0 Å². The number of hydrogen-bond donors (Lipinski definition) is 0. The van der Waals surface area contributed by atoms with Crippen molar-refractivity contribution in [3.05, 3.63) is 107 Å². The van der Waals surface area contributed by atoms with Crippen molar-refractivity contribution in [2.24, 2.45) is 0 Å². The summed E-state index contributed by atoms with van der Waals surface area (Å²) >= 11 is 0. The third-order valence-corrected chi connectivity index (χ3v) is 5.70. The molecule has 0 bridgehead atoms. The van der Waals surface area contributed by atoms with Crippen molar-refractivity contribution in [3.63, 3.8) is 0 Å². The van der Waals surface area contributed by atoms with Gasteiger partial charge in [-0.15, -0.1) is 6.58 Å². The smallest absolute Gasteiger partial charge is 0.236 e. The Balaban J connectivity index is 1.54. The van der Waals surface area contributed by atoms with Gasteiger partial charge in [-0.05, 0) is 66.0 Å². The van der Waals surface area contributed by atoms with Crippen LogP contribution in [-0.2, 0) is 25.4 Å². The number of benzene rings is 3. The van der Waals surface area contributed by atoms with E-state index in [0.717, 1.165) is 24.0 Å². The zero-order valence-electron chi connectivity index (χ0n) is 18.5. The summed E-state index contributed by atoms with van der Waals surface area (Å²) in [6.45, 7) is 3.69. The maximum atomic E-state index is 15.1. The van der Waals surface area contributed by atoms with Crippen molar-refractivity contribution >= 4 is 10.8 Å². The molecule has 2 nitrogen and oxygen atoms in total. The first kappa shape index (κ1) is 24.4. The molecule has 8 heteroatoms. The van der Waals surface area contributed by atoms with Crippen LogP contribution in [0.25, 0.3) is 22.2 Å². The van der Waals surface area contributed by atoms with Gasteiger partial charge in [-0.25, -0.2) is 23.1 Å². The van der Waals surface area contributed by atoms with Gasteiger partial charge in [0, 0.05) is 23.3 Å². The zero-order chi connectivity index (χ0) is 25.2. The molecule has 1 heterocycles. The van der Waals surface area contributed by atoms with Gasteiger partial charge in [-0.1, -0.05) is 30.3 Å². The second-order valence-electron chi connectivity index (χ2n) is 8.15. The number of halogens is 6. The zero-order valence-corrected chi connectivity index (χ0v) is 18.5. The van der Waals surface area contributed by atoms with Crippen LogP contribution in [0.2, 0.25) is 0 Å². The number of fused-ring (bicyclic) bond motifs is 1. The monoisotopic (exact) mass is 486 g/mol. The van der Waals surface area contributed by atoms with Crippen LogP contribution in [0.1, 0.15) is 28.7 Å². The Bertz CT molecular complexity index is 1350. The molecule has 0 radical (unpaired) electrons. The van der Waals surface area contributed by atoms with E-state index in [1.54, 1.807) is 42.7 Å². The lowest BCUT2D eigenvalue weighted by atomic mass is 9.98. The molecule has 0 atom stereocenters. The minimum atomic E-state index is -5.13. The van der Waals surface area contributed by atoms with E-state index in [-0.39, 0.29) is 24.0 Å². The molecule has 0 unspecified atom stereocenters. The van der Waals surface area contributed by atoms with Crippen molar-refractivity contribution in [1.29, 1.82) is 0 Å². The second kappa shape index (κ2) is 9.90. The quantitative estimate of drug-likeness (QED) is 0.198. The summed E-state index contributed by atoms with van der Waals surface area (Å²) in [5.74, 6) is -3.36. The maximum Gasteiger partial charge on any atom is 0.422 e. The van der Waals surface area contributed by atoms with Crippen molar-refractivity contribution in [3.8, 4) is 11.4 Å². The molecule has 0 saturated heterocycles. The van der Waals surface area contributed by atoms with Gasteiger partial charge in [0.05, 0.1) is 0 Å². The molecule has 0 saturated carbocycles. The van der Waals surface area contributed by atoms with Gasteiger partial charge < -0.3 is 0 Å². The largest absolute Gasteiger partial charge is 0.422 e. The lowest BCUT2D eigenvalue weighted by molar-refractivity contribution is -0.142. The van der Waals surface area contributed by atoms with Crippen LogP contribution in [-0.4, -0.2) is 9.97 Å². The number of hydrogen-bond acceptors (Lipinski definition) is 2. The van der Waals surface area contributed by atoms with Gasteiger partial charge >= 0.3 is 6.18 Å². The molecule has 180 valence electrons. The first-order chi connectivity index (χ1) is 16.7. The van der Waals surface area contributed by atoms with Crippen LogP contribution < -0.4 is 0 Å². The second-order valence-corrected chi connectivity index (χ2v) is 8.15. The molecule has 0 fully saturated rings. The standard InChI is InChI=1S/C27H20F6N2/c1-2-3-4-17-14-34-26(35-15-17)20-9-10-21-19(13-20)8-7-18(25(21)30)6-5-16-11-22(28)24(23(29)12-16)27(31,32)33/h2,7-15H,1,3-6H2. The van der Waals surface area contributed by atoms with Crippen molar-refractivity contribution < 1.29 is 26.3 Å². The van der Waals surface area contributed by atoms with Crippen molar-refractivity contribution in [2.45, 2.75) is 31.9 Å². The highest BCUT2D eigenvalue weighted by molar-refractivity contribution is 5.87. The average Bonchev–Trinajstić information content (AvgIpc) is 2.81. The summed E-state index contributed by atoms with van der Waals surface area (Å²) < 4.78 is 81.0. The van der Waals surface area contributed by atoms with E-state index in [1.807, 2.05) is 6.08 Å². The normalized spacial score (nSPS) is 11.7. The number of rotatable bonds is 7. The fourth-order valence-corrected chi connectivity index (χ4v) is 3.89. The van der Waals surface area contributed by atoms with Gasteiger partial charge in [0.1, 0.15) is 23.0 Å². The highest BCUT2D eigenvalue weighted by Crippen LogP contribution is 2.34. The van der Waals surface area contributed by atoms with Crippen LogP contribution in [0, 0.1) is 17.5 Å². The highest BCUT2D eigenvalue weighted by atomic mass is 19.4. The number of alkyl halides is 3. The topological polar surface area (TPSA) is 25.8 Å². The number of allylic oxidation sites excluding steroid dienone is 1. The molecule has 0 aliphatic heterocycles. The van der Waals surface area contributed by atoms with Crippen LogP contribution in [0.5, 0.6) is 0 Å². The minimum Gasteiger partial charge on any atom is -0.236 e. The summed E-state index contributed by atoms with van der Waals surface area (Å²) in [6, 6.07) is 9.62. The highest BCUT2D eigenvalue weighted by Gasteiger charge is 2.37. The first-order valence-corrected chi connectivity index (χ1v) is 10.9. The number of nitrogens with zero attached hydrogens (tertiary/aromatic N) is 2. The fraction of sp³-hybridized carbons (Fsp3) is 0.185. The van der Waals surface area contributed by atoms with Gasteiger partial charge in [0.15, 0.2) is 5.82 Å². The lowest BCUT2D eigenvalue weighted by Crippen LogP contribution is -2.12. The summed E-state index contributed by atoms with van der Waals surface area (Å²) in [5.41, 5.74) is 0.0724. The molecule has 0 amide bonds. The Morgan fingerprint density at radius 1 is 0.800 bits per heavy atom. The van der Waals surface area contributed by atoms with Gasteiger partial charge in [-0.2, -0.15) is 13.2 Å². The molecular formula is C27H20F6N2. The Morgan fingerprint density at radius 3 is 2.11 bits per heavy atom. The Labute approximate surface area is 198 Å². The third kappa shape index (κ3) is 5.37. The van der Waals surface area contributed by atoms with Crippen molar-refractivity contribution in [2.75, 3.05) is 0 Å². The first-order valence-electron chi connectivity index (χ1n) is 10.9.